The normalized spacial score (nSPS) is 24.6. The van der Waals surface area contributed by atoms with Crippen molar-refractivity contribution in [1.29, 1.82) is 0 Å². The van der Waals surface area contributed by atoms with Crippen molar-refractivity contribution in [2.45, 2.75) is 70.3 Å². The van der Waals surface area contributed by atoms with Crippen molar-refractivity contribution in [3.63, 3.8) is 0 Å². The maximum absolute atomic E-state index is 12.3. The van der Waals surface area contributed by atoms with Crippen molar-refractivity contribution in [3.8, 4) is 0 Å². The Bertz CT molecular complexity index is 371. The van der Waals surface area contributed by atoms with Crippen molar-refractivity contribution in [1.82, 2.24) is 4.72 Å². The molecule has 1 unspecified atom stereocenters. The molecule has 20 heavy (non-hydrogen) atoms. The van der Waals surface area contributed by atoms with Crippen molar-refractivity contribution >= 4 is 10.0 Å². The summed E-state index contributed by atoms with van der Waals surface area (Å²) in [6.07, 6.45) is 11.7. The summed E-state index contributed by atoms with van der Waals surface area (Å²) in [5.41, 5.74) is 5.82. The molecule has 118 valence electrons. The standard InChI is InChI=1S/C15H30N2O2S/c16-11-15(14-9-5-2-6-10-14)17-20(18,19)12-13-7-3-1-4-8-13/h13-15,17H,1-12,16H2. The fraction of sp³-hybridized carbons (Fsp3) is 1.00. The van der Waals surface area contributed by atoms with E-state index in [0.29, 0.717) is 24.1 Å². The lowest BCUT2D eigenvalue weighted by Crippen LogP contribution is -2.47. The van der Waals surface area contributed by atoms with E-state index in [0.717, 1.165) is 25.7 Å². The second kappa shape index (κ2) is 7.76. The SMILES string of the molecule is NCC(NS(=O)(=O)CC1CCCCC1)C1CCCCC1. The van der Waals surface area contributed by atoms with E-state index in [-0.39, 0.29) is 6.04 Å². The van der Waals surface area contributed by atoms with Gasteiger partial charge in [-0.2, -0.15) is 0 Å². The number of nitrogens with two attached hydrogens (primary N) is 1. The third kappa shape index (κ3) is 5.01. The number of sulfonamides is 1. The molecule has 0 heterocycles. The molecule has 2 aliphatic rings. The Balaban J connectivity index is 1.87. The average molecular weight is 302 g/mol. The van der Waals surface area contributed by atoms with Gasteiger partial charge in [0.15, 0.2) is 0 Å². The van der Waals surface area contributed by atoms with Gasteiger partial charge >= 0.3 is 0 Å². The fourth-order valence-corrected chi connectivity index (χ4v) is 5.62. The third-order valence-electron chi connectivity index (χ3n) is 4.98. The van der Waals surface area contributed by atoms with Crippen LogP contribution in [0.5, 0.6) is 0 Å². The zero-order chi connectivity index (χ0) is 14.4. The Morgan fingerprint density at radius 3 is 2.05 bits per heavy atom. The highest BCUT2D eigenvalue weighted by Gasteiger charge is 2.28. The highest BCUT2D eigenvalue weighted by Crippen LogP contribution is 2.28. The molecule has 3 N–H and O–H groups in total. The largest absolute Gasteiger partial charge is 0.329 e. The third-order valence-corrected chi connectivity index (χ3v) is 6.56. The predicted molar refractivity (Wildman–Crippen MR) is 82.9 cm³/mol. The molecule has 4 nitrogen and oxygen atoms in total. The lowest BCUT2D eigenvalue weighted by molar-refractivity contribution is 0.293. The Kier molecular flexibility index (Phi) is 6.30. The van der Waals surface area contributed by atoms with Gasteiger partial charge in [0.1, 0.15) is 0 Å². The van der Waals surface area contributed by atoms with Crippen LogP contribution in [0.3, 0.4) is 0 Å². The maximum Gasteiger partial charge on any atom is 0.212 e. The van der Waals surface area contributed by atoms with Crippen LogP contribution >= 0.6 is 0 Å². The van der Waals surface area contributed by atoms with Crippen LogP contribution in [-0.4, -0.2) is 26.8 Å². The molecule has 0 amide bonds. The van der Waals surface area contributed by atoms with E-state index in [4.69, 9.17) is 5.73 Å². The van der Waals surface area contributed by atoms with E-state index in [1.807, 2.05) is 0 Å². The second-order valence-electron chi connectivity index (χ2n) is 6.64. The van der Waals surface area contributed by atoms with Gasteiger partial charge in [0.05, 0.1) is 5.75 Å². The molecule has 0 aromatic heterocycles. The number of hydrogen-bond acceptors (Lipinski definition) is 3. The van der Waals surface area contributed by atoms with Gasteiger partial charge in [-0.25, -0.2) is 13.1 Å². The van der Waals surface area contributed by atoms with Crippen LogP contribution in [-0.2, 0) is 10.0 Å². The van der Waals surface area contributed by atoms with E-state index < -0.39 is 10.0 Å². The van der Waals surface area contributed by atoms with Crippen LogP contribution in [0.2, 0.25) is 0 Å². The summed E-state index contributed by atoms with van der Waals surface area (Å²) in [5.74, 6) is 1.09. The highest BCUT2D eigenvalue weighted by molar-refractivity contribution is 7.89. The highest BCUT2D eigenvalue weighted by atomic mass is 32.2. The molecule has 0 aliphatic heterocycles. The minimum absolute atomic E-state index is 0.0520. The van der Waals surface area contributed by atoms with E-state index >= 15 is 0 Å². The Labute approximate surface area is 123 Å². The monoisotopic (exact) mass is 302 g/mol. The van der Waals surface area contributed by atoms with Crippen LogP contribution in [0.25, 0.3) is 0 Å². The molecule has 0 radical (unpaired) electrons. The molecule has 2 rings (SSSR count). The van der Waals surface area contributed by atoms with Crippen LogP contribution < -0.4 is 10.5 Å². The van der Waals surface area contributed by atoms with Gasteiger partial charge in [-0.05, 0) is 37.5 Å². The molecule has 0 spiro atoms. The average Bonchev–Trinajstić information content (AvgIpc) is 2.46. The van der Waals surface area contributed by atoms with Gasteiger partial charge in [-0.15, -0.1) is 0 Å². The van der Waals surface area contributed by atoms with E-state index in [9.17, 15) is 8.42 Å². The van der Waals surface area contributed by atoms with Gasteiger partial charge in [-0.1, -0.05) is 38.5 Å². The molecule has 1 atom stereocenters. The molecule has 0 saturated heterocycles. The zero-order valence-electron chi connectivity index (χ0n) is 12.5. The molecular formula is C15H30N2O2S. The minimum Gasteiger partial charge on any atom is -0.329 e. The summed E-state index contributed by atoms with van der Waals surface area (Å²) < 4.78 is 27.6. The molecular weight excluding hydrogens is 272 g/mol. The summed E-state index contributed by atoms with van der Waals surface area (Å²) in [4.78, 5) is 0. The fourth-order valence-electron chi connectivity index (χ4n) is 3.82. The molecule has 0 aromatic carbocycles. The maximum atomic E-state index is 12.3. The Morgan fingerprint density at radius 1 is 0.950 bits per heavy atom. The molecule has 2 saturated carbocycles. The van der Waals surface area contributed by atoms with Crippen LogP contribution in [0.15, 0.2) is 0 Å². The number of rotatable bonds is 6. The molecule has 0 aromatic rings. The Hall–Kier alpha value is -0.130. The van der Waals surface area contributed by atoms with Gasteiger partial charge < -0.3 is 5.73 Å². The smallest absolute Gasteiger partial charge is 0.212 e. The first-order chi connectivity index (χ1) is 9.61. The first-order valence-electron chi connectivity index (χ1n) is 8.31. The van der Waals surface area contributed by atoms with Crippen LogP contribution in [0.4, 0.5) is 0 Å². The first-order valence-corrected chi connectivity index (χ1v) is 9.96. The van der Waals surface area contributed by atoms with Gasteiger partial charge in [0.25, 0.3) is 0 Å². The lowest BCUT2D eigenvalue weighted by Gasteiger charge is -2.30. The van der Waals surface area contributed by atoms with E-state index in [2.05, 4.69) is 4.72 Å². The Morgan fingerprint density at radius 2 is 1.50 bits per heavy atom. The van der Waals surface area contributed by atoms with Crippen LogP contribution in [0, 0.1) is 11.8 Å². The number of hydrogen-bond donors (Lipinski definition) is 2. The predicted octanol–water partition coefficient (Wildman–Crippen LogP) is 2.39. The molecule has 2 aliphatic carbocycles. The van der Waals surface area contributed by atoms with Crippen LogP contribution in [0.1, 0.15) is 64.2 Å². The van der Waals surface area contributed by atoms with Gasteiger partial charge in [-0.3, -0.25) is 0 Å². The topological polar surface area (TPSA) is 72.2 Å². The lowest BCUT2D eigenvalue weighted by atomic mass is 9.84. The van der Waals surface area contributed by atoms with E-state index in [1.165, 1.54) is 38.5 Å². The zero-order valence-corrected chi connectivity index (χ0v) is 13.3. The molecule has 5 heteroatoms. The summed E-state index contributed by atoms with van der Waals surface area (Å²) in [7, 11) is -3.17. The summed E-state index contributed by atoms with van der Waals surface area (Å²) in [6.45, 7) is 0.425. The molecule has 2 fully saturated rings. The van der Waals surface area contributed by atoms with E-state index in [1.54, 1.807) is 0 Å². The number of nitrogens with one attached hydrogen (secondary N) is 1. The van der Waals surface area contributed by atoms with Crippen molar-refractivity contribution < 1.29 is 8.42 Å². The second-order valence-corrected chi connectivity index (χ2v) is 8.44. The van der Waals surface area contributed by atoms with Crippen molar-refractivity contribution in [3.05, 3.63) is 0 Å². The minimum atomic E-state index is -3.17. The van der Waals surface area contributed by atoms with Gasteiger partial charge in [0.2, 0.25) is 10.0 Å². The molecule has 0 bridgehead atoms. The van der Waals surface area contributed by atoms with Gasteiger partial charge in [0, 0.05) is 12.6 Å². The summed E-state index contributed by atoms with van der Waals surface area (Å²) >= 11 is 0. The quantitative estimate of drug-likeness (QED) is 0.791. The summed E-state index contributed by atoms with van der Waals surface area (Å²) in [6, 6.07) is -0.0520. The van der Waals surface area contributed by atoms with Crippen molar-refractivity contribution in [2.75, 3.05) is 12.3 Å². The first kappa shape index (κ1) is 16.2. The summed E-state index contributed by atoms with van der Waals surface area (Å²) in [5, 5.41) is 0. The van der Waals surface area contributed by atoms with Crippen molar-refractivity contribution in [2.24, 2.45) is 17.6 Å².